The molecule has 1 rings (SSSR count). The standard InChI is InChI=1S/C14H17Cl5O4S/c1-3-4-24(21,22)23-8-14(20,7-13(2,18)19)9-5-10(15)12(17)11(16)6-9/h5-6,20H,3-4,7-8H2,1-2H3. The van der Waals surface area contributed by atoms with Crippen LogP contribution >= 0.6 is 58.0 Å². The summed E-state index contributed by atoms with van der Waals surface area (Å²) in [5.74, 6) is -0.176. The fourth-order valence-corrected chi connectivity index (χ4v) is 4.10. The molecule has 0 saturated carbocycles. The van der Waals surface area contributed by atoms with Crippen LogP contribution in [0.2, 0.25) is 15.1 Å². The Balaban J connectivity index is 3.25. The number of halogens is 5. The van der Waals surface area contributed by atoms with Crippen LogP contribution in [0.25, 0.3) is 0 Å². The molecule has 0 heterocycles. The minimum Gasteiger partial charge on any atom is -0.383 e. The van der Waals surface area contributed by atoms with E-state index in [1.807, 2.05) is 0 Å². The highest BCUT2D eigenvalue weighted by atomic mass is 35.5. The minimum atomic E-state index is -3.80. The van der Waals surface area contributed by atoms with Crippen LogP contribution in [0.5, 0.6) is 0 Å². The molecule has 24 heavy (non-hydrogen) atoms. The Morgan fingerprint density at radius 1 is 1.17 bits per heavy atom. The van der Waals surface area contributed by atoms with E-state index in [1.54, 1.807) is 6.92 Å². The molecule has 1 aromatic carbocycles. The summed E-state index contributed by atoms with van der Waals surface area (Å²) in [6.45, 7) is 2.57. The molecule has 4 nitrogen and oxygen atoms in total. The third kappa shape index (κ3) is 6.69. The van der Waals surface area contributed by atoms with Gasteiger partial charge in [0.25, 0.3) is 10.1 Å². The second-order valence-corrected chi connectivity index (χ2v) is 10.4. The third-order valence-corrected chi connectivity index (χ3v) is 5.90. The quantitative estimate of drug-likeness (QED) is 0.331. The van der Waals surface area contributed by atoms with Gasteiger partial charge in [-0.25, -0.2) is 0 Å². The topological polar surface area (TPSA) is 63.6 Å². The molecule has 0 aromatic heterocycles. The van der Waals surface area contributed by atoms with Crippen molar-refractivity contribution in [2.45, 2.75) is 36.6 Å². The van der Waals surface area contributed by atoms with Crippen molar-refractivity contribution in [2.24, 2.45) is 0 Å². The first-order chi connectivity index (χ1) is 10.8. The summed E-state index contributed by atoms with van der Waals surface area (Å²) < 4.78 is 27.2. The van der Waals surface area contributed by atoms with Crippen molar-refractivity contribution in [1.82, 2.24) is 0 Å². The highest BCUT2D eigenvalue weighted by molar-refractivity contribution is 7.86. The number of rotatable bonds is 8. The van der Waals surface area contributed by atoms with Gasteiger partial charge in [-0.05, 0) is 31.0 Å². The Labute approximate surface area is 167 Å². The van der Waals surface area contributed by atoms with E-state index in [4.69, 9.17) is 62.2 Å². The predicted molar refractivity (Wildman–Crippen MR) is 100 cm³/mol. The largest absolute Gasteiger partial charge is 0.383 e. The van der Waals surface area contributed by atoms with Crippen LogP contribution in [0, 0.1) is 0 Å². The molecule has 1 unspecified atom stereocenters. The van der Waals surface area contributed by atoms with Crippen LogP contribution < -0.4 is 0 Å². The molecule has 0 spiro atoms. The summed E-state index contributed by atoms with van der Waals surface area (Å²) in [6, 6.07) is 2.73. The van der Waals surface area contributed by atoms with Crippen molar-refractivity contribution in [3.63, 3.8) is 0 Å². The molecule has 0 fully saturated rings. The van der Waals surface area contributed by atoms with Crippen LogP contribution in [-0.4, -0.2) is 30.2 Å². The normalized spacial score (nSPS) is 15.3. The fourth-order valence-electron chi connectivity index (χ4n) is 2.07. The molecular weight excluding hydrogens is 441 g/mol. The van der Waals surface area contributed by atoms with Gasteiger partial charge in [0.05, 0.1) is 27.4 Å². The van der Waals surface area contributed by atoms with Crippen LogP contribution in [-0.2, 0) is 19.9 Å². The molecule has 10 heteroatoms. The van der Waals surface area contributed by atoms with E-state index in [9.17, 15) is 13.5 Å². The Morgan fingerprint density at radius 3 is 2.08 bits per heavy atom. The van der Waals surface area contributed by atoms with Gasteiger partial charge in [-0.2, -0.15) is 8.42 Å². The van der Waals surface area contributed by atoms with E-state index in [-0.39, 0.29) is 32.8 Å². The summed E-state index contributed by atoms with van der Waals surface area (Å²) in [5, 5.41) is 11.3. The van der Waals surface area contributed by atoms with Gasteiger partial charge in [0, 0.05) is 6.42 Å². The van der Waals surface area contributed by atoms with Crippen molar-refractivity contribution < 1.29 is 17.7 Å². The summed E-state index contributed by atoms with van der Waals surface area (Å²) in [6.07, 6.45) is 0.154. The number of aliphatic hydroxyl groups is 1. The number of benzene rings is 1. The maximum Gasteiger partial charge on any atom is 0.267 e. The van der Waals surface area contributed by atoms with Gasteiger partial charge >= 0.3 is 0 Å². The minimum absolute atomic E-state index is 0.0971. The lowest BCUT2D eigenvalue weighted by atomic mass is 9.90. The Hall–Kier alpha value is 0.540. The molecular formula is C14H17Cl5O4S. The van der Waals surface area contributed by atoms with Crippen LogP contribution in [0.3, 0.4) is 0 Å². The van der Waals surface area contributed by atoms with Gasteiger partial charge < -0.3 is 5.11 Å². The van der Waals surface area contributed by atoms with Crippen molar-refractivity contribution >= 4 is 68.1 Å². The van der Waals surface area contributed by atoms with Crippen molar-refractivity contribution in [3.8, 4) is 0 Å². The first-order valence-corrected chi connectivity index (χ1v) is 10.4. The van der Waals surface area contributed by atoms with Gasteiger partial charge in [-0.15, -0.1) is 23.2 Å². The molecule has 138 valence electrons. The van der Waals surface area contributed by atoms with Gasteiger partial charge in [0.1, 0.15) is 9.93 Å². The highest BCUT2D eigenvalue weighted by Gasteiger charge is 2.39. The summed E-state index contributed by atoms with van der Waals surface area (Å²) in [4.78, 5) is 0. The number of hydrogen-bond donors (Lipinski definition) is 1. The molecule has 1 atom stereocenters. The summed E-state index contributed by atoms with van der Waals surface area (Å²) in [5.41, 5.74) is -1.64. The zero-order valence-electron chi connectivity index (χ0n) is 13.0. The Kier molecular flexibility index (Phi) is 7.98. The first kappa shape index (κ1) is 22.6. The second-order valence-electron chi connectivity index (χ2n) is 5.56. The Bertz CT molecular complexity index is 664. The summed E-state index contributed by atoms with van der Waals surface area (Å²) >= 11 is 29.9. The SMILES string of the molecule is CCCS(=O)(=O)OCC(O)(CC(C)(Cl)Cl)c1cc(Cl)c(Cl)c(Cl)c1. The molecule has 1 N–H and O–H groups in total. The Morgan fingerprint density at radius 2 is 1.67 bits per heavy atom. The van der Waals surface area contributed by atoms with Gasteiger partial charge in [-0.1, -0.05) is 41.7 Å². The molecule has 0 aliphatic heterocycles. The van der Waals surface area contributed by atoms with Crippen molar-refractivity contribution in [1.29, 1.82) is 0 Å². The molecule has 0 radical (unpaired) electrons. The van der Waals surface area contributed by atoms with E-state index in [1.165, 1.54) is 19.1 Å². The molecule has 0 amide bonds. The maximum absolute atomic E-state index is 11.8. The molecule has 0 aliphatic rings. The lowest BCUT2D eigenvalue weighted by Crippen LogP contribution is -2.37. The van der Waals surface area contributed by atoms with E-state index in [2.05, 4.69) is 0 Å². The molecule has 0 saturated heterocycles. The predicted octanol–water partition coefficient (Wildman–Crippen LogP) is 5.17. The van der Waals surface area contributed by atoms with Crippen LogP contribution in [0.4, 0.5) is 0 Å². The van der Waals surface area contributed by atoms with Crippen LogP contribution in [0.1, 0.15) is 32.3 Å². The maximum atomic E-state index is 11.8. The lowest BCUT2D eigenvalue weighted by Gasteiger charge is -2.32. The molecule has 0 aliphatic carbocycles. The highest BCUT2D eigenvalue weighted by Crippen LogP contribution is 2.41. The van der Waals surface area contributed by atoms with Gasteiger partial charge in [0.2, 0.25) is 0 Å². The zero-order valence-corrected chi connectivity index (χ0v) is 17.5. The summed E-state index contributed by atoms with van der Waals surface area (Å²) in [7, 11) is -3.80. The molecule has 1 aromatic rings. The first-order valence-electron chi connectivity index (χ1n) is 6.92. The second kappa shape index (κ2) is 8.49. The fraction of sp³-hybridized carbons (Fsp3) is 0.571. The van der Waals surface area contributed by atoms with Gasteiger partial charge in [0.15, 0.2) is 0 Å². The smallest absolute Gasteiger partial charge is 0.267 e. The number of alkyl halides is 2. The van der Waals surface area contributed by atoms with E-state index in [0.29, 0.717) is 6.42 Å². The van der Waals surface area contributed by atoms with E-state index in [0.717, 1.165) is 0 Å². The monoisotopic (exact) mass is 456 g/mol. The average molecular weight is 459 g/mol. The molecule has 0 bridgehead atoms. The van der Waals surface area contributed by atoms with Gasteiger partial charge in [-0.3, -0.25) is 4.18 Å². The van der Waals surface area contributed by atoms with Crippen molar-refractivity contribution in [3.05, 3.63) is 32.8 Å². The number of hydrogen-bond acceptors (Lipinski definition) is 4. The van der Waals surface area contributed by atoms with E-state index >= 15 is 0 Å². The zero-order chi connectivity index (χ0) is 18.8. The third-order valence-electron chi connectivity index (χ3n) is 3.06. The van der Waals surface area contributed by atoms with Crippen molar-refractivity contribution in [2.75, 3.05) is 12.4 Å². The van der Waals surface area contributed by atoms with E-state index < -0.39 is 26.7 Å². The average Bonchev–Trinajstić information content (AvgIpc) is 2.40. The van der Waals surface area contributed by atoms with Crippen LogP contribution in [0.15, 0.2) is 12.1 Å². The lowest BCUT2D eigenvalue weighted by molar-refractivity contribution is -0.0174.